The fraction of sp³-hybridized carbons (Fsp3) is 0.900. The van der Waals surface area contributed by atoms with Crippen LogP contribution in [0.2, 0.25) is 0 Å². The molecule has 0 heterocycles. The fourth-order valence-corrected chi connectivity index (χ4v) is 2.32. The van der Waals surface area contributed by atoms with Gasteiger partial charge in [-0.15, -0.1) is 0 Å². The van der Waals surface area contributed by atoms with Gasteiger partial charge in [-0.3, -0.25) is 0 Å². The molecule has 1 aliphatic carbocycles. The van der Waals surface area contributed by atoms with E-state index in [9.17, 15) is 4.79 Å². The third-order valence-electron chi connectivity index (χ3n) is 3.07. The summed E-state index contributed by atoms with van der Waals surface area (Å²) in [5.41, 5.74) is 5.68. The number of hydrogen-bond donors (Lipinski definition) is 1. The van der Waals surface area contributed by atoms with Gasteiger partial charge >= 0.3 is 6.09 Å². The lowest BCUT2D eigenvalue weighted by atomic mass is 10.0. The van der Waals surface area contributed by atoms with Gasteiger partial charge in [-0.1, -0.05) is 6.42 Å². The molecule has 14 heavy (non-hydrogen) atoms. The van der Waals surface area contributed by atoms with Gasteiger partial charge < -0.3 is 15.4 Å². The second kappa shape index (κ2) is 5.20. The molecule has 0 saturated heterocycles. The third-order valence-corrected chi connectivity index (χ3v) is 3.07. The minimum atomic E-state index is -0.224. The highest BCUT2D eigenvalue weighted by Gasteiger charge is 2.33. The minimum Gasteiger partial charge on any atom is -0.453 e. The second-order valence-corrected chi connectivity index (χ2v) is 3.75. The number of methoxy groups -OCH3 is 1. The van der Waals surface area contributed by atoms with Crippen molar-refractivity contribution >= 4 is 6.09 Å². The van der Waals surface area contributed by atoms with Gasteiger partial charge in [0.1, 0.15) is 0 Å². The number of carbonyl (C=O) groups is 1. The van der Waals surface area contributed by atoms with E-state index in [1.165, 1.54) is 13.5 Å². The van der Waals surface area contributed by atoms with Crippen molar-refractivity contribution in [1.82, 2.24) is 4.90 Å². The Morgan fingerprint density at radius 3 is 2.79 bits per heavy atom. The molecule has 4 heteroatoms. The van der Waals surface area contributed by atoms with E-state index in [1.54, 1.807) is 4.90 Å². The second-order valence-electron chi connectivity index (χ2n) is 3.75. The summed E-state index contributed by atoms with van der Waals surface area (Å²) in [6.07, 6.45) is 3.14. The molecule has 0 aromatic rings. The standard InChI is InChI=1S/C10H20N2O2/c1-3-12(10(13)14-2)9-6-4-5-8(9)7-11/h8-9H,3-7,11H2,1-2H3. The lowest BCUT2D eigenvalue weighted by Gasteiger charge is -2.30. The van der Waals surface area contributed by atoms with Crippen molar-refractivity contribution in [3.8, 4) is 0 Å². The van der Waals surface area contributed by atoms with Crippen LogP contribution in [-0.2, 0) is 4.74 Å². The van der Waals surface area contributed by atoms with Crippen molar-refractivity contribution in [3.05, 3.63) is 0 Å². The first-order valence-electron chi connectivity index (χ1n) is 5.29. The molecule has 1 fully saturated rings. The van der Waals surface area contributed by atoms with Crippen molar-refractivity contribution in [1.29, 1.82) is 0 Å². The summed E-state index contributed by atoms with van der Waals surface area (Å²) < 4.78 is 4.75. The lowest BCUT2D eigenvalue weighted by molar-refractivity contribution is 0.0981. The highest BCUT2D eigenvalue weighted by Crippen LogP contribution is 2.29. The highest BCUT2D eigenvalue weighted by molar-refractivity contribution is 5.67. The Morgan fingerprint density at radius 1 is 1.57 bits per heavy atom. The molecular weight excluding hydrogens is 180 g/mol. The molecule has 2 N–H and O–H groups in total. The molecule has 82 valence electrons. The molecule has 1 saturated carbocycles. The molecular formula is C10H20N2O2. The van der Waals surface area contributed by atoms with Crippen molar-refractivity contribution in [3.63, 3.8) is 0 Å². The van der Waals surface area contributed by atoms with Crippen molar-refractivity contribution in [2.75, 3.05) is 20.2 Å². The van der Waals surface area contributed by atoms with Crippen LogP contribution < -0.4 is 5.73 Å². The number of nitrogens with two attached hydrogens (primary N) is 1. The molecule has 2 unspecified atom stereocenters. The maximum atomic E-state index is 11.5. The van der Waals surface area contributed by atoms with Crippen molar-refractivity contribution in [2.45, 2.75) is 32.2 Å². The van der Waals surface area contributed by atoms with E-state index in [-0.39, 0.29) is 12.1 Å². The largest absolute Gasteiger partial charge is 0.453 e. The quantitative estimate of drug-likeness (QED) is 0.744. The number of amides is 1. The fourth-order valence-electron chi connectivity index (χ4n) is 2.32. The zero-order chi connectivity index (χ0) is 10.6. The number of carbonyl (C=O) groups excluding carboxylic acids is 1. The molecule has 0 bridgehead atoms. The van der Waals surface area contributed by atoms with Gasteiger partial charge in [0.05, 0.1) is 7.11 Å². The molecule has 1 rings (SSSR count). The maximum absolute atomic E-state index is 11.5. The summed E-state index contributed by atoms with van der Waals surface area (Å²) >= 11 is 0. The monoisotopic (exact) mass is 200 g/mol. The summed E-state index contributed by atoms with van der Waals surface area (Å²) in [6.45, 7) is 3.34. The zero-order valence-electron chi connectivity index (χ0n) is 9.03. The predicted octanol–water partition coefficient (Wildman–Crippen LogP) is 1.20. The van der Waals surface area contributed by atoms with Crippen LogP contribution in [-0.4, -0.2) is 37.2 Å². The van der Waals surface area contributed by atoms with Crippen LogP contribution in [0.25, 0.3) is 0 Å². The lowest BCUT2D eigenvalue weighted by Crippen LogP contribution is -2.44. The summed E-state index contributed by atoms with van der Waals surface area (Å²) in [7, 11) is 1.43. The van der Waals surface area contributed by atoms with Gasteiger partial charge in [0, 0.05) is 12.6 Å². The van der Waals surface area contributed by atoms with Gasteiger partial charge in [0.2, 0.25) is 0 Å². The Hall–Kier alpha value is -0.770. The van der Waals surface area contributed by atoms with Gasteiger partial charge in [-0.25, -0.2) is 4.79 Å². The van der Waals surface area contributed by atoms with Crippen LogP contribution in [0.15, 0.2) is 0 Å². The summed E-state index contributed by atoms with van der Waals surface area (Å²) in [5, 5.41) is 0. The van der Waals surface area contributed by atoms with E-state index in [2.05, 4.69) is 0 Å². The van der Waals surface area contributed by atoms with Crippen LogP contribution in [0.1, 0.15) is 26.2 Å². The van der Waals surface area contributed by atoms with Crippen LogP contribution in [0.5, 0.6) is 0 Å². The Morgan fingerprint density at radius 2 is 2.29 bits per heavy atom. The SMILES string of the molecule is CCN(C(=O)OC)C1CCCC1CN. The molecule has 0 aliphatic heterocycles. The average molecular weight is 200 g/mol. The van der Waals surface area contributed by atoms with Gasteiger partial charge in [-0.2, -0.15) is 0 Å². The Labute approximate surface area is 85.4 Å². The number of hydrogen-bond acceptors (Lipinski definition) is 3. The molecule has 1 amide bonds. The molecule has 0 aromatic heterocycles. The van der Waals surface area contributed by atoms with Crippen LogP contribution in [0, 0.1) is 5.92 Å². The number of rotatable bonds is 3. The van der Waals surface area contributed by atoms with E-state index < -0.39 is 0 Å². The first-order chi connectivity index (χ1) is 6.74. The van der Waals surface area contributed by atoms with E-state index in [4.69, 9.17) is 10.5 Å². The van der Waals surface area contributed by atoms with E-state index in [0.29, 0.717) is 19.0 Å². The Balaban J connectivity index is 2.63. The predicted molar refractivity (Wildman–Crippen MR) is 55.0 cm³/mol. The topological polar surface area (TPSA) is 55.6 Å². The van der Waals surface area contributed by atoms with Crippen molar-refractivity contribution < 1.29 is 9.53 Å². The molecule has 0 spiro atoms. The molecule has 0 aromatic carbocycles. The van der Waals surface area contributed by atoms with E-state index in [0.717, 1.165) is 12.8 Å². The van der Waals surface area contributed by atoms with Crippen LogP contribution in [0.4, 0.5) is 4.79 Å². The normalized spacial score (nSPS) is 26.2. The first kappa shape index (κ1) is 11.3. The number of nitrogens with zero attached hydrogens (tertiary/aromatic N) is 1. The van der Waals surface area contributed by atoms with E-state index in [1.807, 2.05) is 6.92 Å². The van der Waals surface area contributed by atoms with Gasteiger partial charge in [0.15, 0.2) is 0 Å². The van der Waals surface area contributed by atoms with E-state index >= 15 is 0 Å². The average Bonchev–Trinajstić information content (AvgIpc) is 2.66. The van der Waals surface area contributed by atoms with Gasteiger partial charge in [0.25, 0.3) is 0 Å². The molecule has 2 atom stereocenters. The molecule has 4 nitrogen and oxygen atoms in total. The smallest absolute Gasteiger partial charge is 0.409 e. The van der Waals surface area contributed by atoms with Gasteiger partial charge in [-0.05, 0) is 32.2 Å². The maximum Gasteiger partial charge on any atom is 0.409 e. The third kappa shape index (κ3) is 2.18. The summed E-state index contributed by atoms with van der Waals surface area (Å²) in [4.78, 5) is 13.3. The highest BCUT2D eigenvalue weighted by atomic mass is 16.5. The molecule has 1 aliphatic rings. The minimum absolute atomic E-state index is 0.224. The summed E-state index contributed by atoms with van der Waals surface area (Å²) in [6, 6.07) is 0.289. The van der Waals surface area contributed by atoms with Crippen LogP contribution in [0.3, 0.4) is 0 Å². The zero-order valence-corrected chi connectivity index (χ0v) is 9.03. The Kier molecular flexibility index (Phi) is 4.20. The van der Waals surface area contributed by atoms with Crippen molar-refractivity contribution in [2.24, 2.45) is 11.7 Å². The molecule has 0 radical (unpaired) electrons. The first-order valence-corrected chi connectivity index (χ1v) is 5.29. The summed E-state index contributed by atoms with van der Waals surface area (Å²) in [5.74, 6) is 0.453. The number of ether oxygens (including phenoxy) is 1. The Bertz CT molecular complexity index is 197. The van der Waals surface area contributed by atoms with Crippen LogP contribution >= 0.6 is 0 Å².